The average molecular weight is 307 g/mol. The molecule has 0 spiro atoms. The molecular formula is C18H39NaSi. The summed E-state index contributed by atoms with van der Waals surface area (Å²) in [4.78, 5) is 0. The van der Waals surface area contributed by atoms with Crippen molar-refractivity contribution < 1.29 is 29.6 Å². The van der Waals surface area contributed by atoms with Crippen LogP contribution in [0.1, 0.15) is 93.9 Å². The van der Waals surface area contributed by atoms with Gasteiger partial charge in [-0.1, -0.05) is 99.8 Å². The largest absolute Gasteiger partial charge is 1.00 e. The molecule has 0 aliphatic heterocycles. The van der Waals surface area contributed by atoms with Gasteiger partial charge in [-0.05, 0) is 0 Å². The van der Waals surface area contributed by atoms with Gasteiger partial charge in [-0.3, -0.25) is 0 Å². The summed E-state index contributed by atoms with van der Waals surface area (Å²) in [7, 11) is -0.321. The van der Waals surface area contributed by atoms with Crippen LogP contribution in [0.2, 0.25) is 16.1 Å². The number of rotatable bonds is 10. The third-order valence-corrected chi connectivity index (χ3v) is 9.31. The van der Waals surface area contributed by atoms with Crippen LogP contribution in [-0.2, 0) is 0 Å². The second-order valence-corrected chi connectivity index (χ2v) is 11.6. The maximum Gasteiger partial charge on any atom is 1.00 e. The van der Waals surface area contributed by atoms with Crippen molar-refractivity contribution in [3.05, 3.63) is 0 Å². The molecule has 0 aliphatic carbocycles. The molecule has 2 heteroatoms. The second kappa shape index (κ2) is 11.7. The molecule has 20 heavy (non-hydrogen) atoms. The third kappa shape index (κ3) is 6.54. The van der Waals surface area contributed by atoms with Crippen LogP contribution in [0, 0.1) is 5.92 Å². The first-order chi connectivity index (χ1) is 8.84. The van der Waals surface area contributed by atoms with Crippen molar-refractivity contribution in [3.63, 3.8) is 0 Å². The Hall–Kier alpha value is 1.22. The maximum absolute atomic E-state index is 2.65. The minimum absolute atomic E-state index is 0. The van der Waals surface area contributed by atoms with Gasteiger partial charge in [0.25, 0.3) is 0 Å². The van der Waals surface area contributed by atoms with Crippen molar-refractivity contribution in [2.45, 2.75) is 110 Å². The Labute approximate surface area is 153 Å². The zero-order chi connectivity index (χ0) is 15.1. The van der Waals surface area contributed by atoms with Crippen molar-refractivity contribution in [1.82, 2.24) is 0 Å². The van der Waals surface area contributed by atoms with Crippen molar-refractivity contribution in [1.29, 1.82) is 0 Å². The van der Waals surface area contributed by atoms with Gasteiger partial charge in [-0.25, -0.2) is 8.80 Å². The molecule has 1 unspecified atom stereocenters. The Morgan fingerprint density at radius 1 is 0.800 bits per heavy atom. The van der Waals surface area contributed by atoms with E-state index in [0.717, 1.165) is 17.0 Å². The van der Waals surface area contributed by atoms with Crippen LogP contribution in [0.25, 0.3) is 0 Å². The Morgan fingerprint density at radius 2 is 1.20 bits per heavy atom. The van der Waals surface area contributed by atoms with E-state index >= 15 is 0 Å². The summed E-state index contributed by atoms with van der Waals surface area (Å²) in [5, 5.41) is 0.633. The molecule has 0 N–H and O–H groups in total. The van der Waals surface area contributed by atoms with Crippen LogP contribution in [0.4, 0.5) is 0 Å². The molecule has 0 aromatic carbocycles. The molecule has 0 amide bonds. The van der Waals surface area contributed by atoms with E-state index < -0.39 is 0 Å². The number of hydrogen-bond donors (Lipinski definition) is 0. The standard InChI is InChI=1S/C18H39Si.Na/c1-9-12-17(13-10-2)18(8,14-11-3)19(15(4)5)16(6)7;/h15-17H,9-14H2,1-8H3;/q-1;+1. The van der Waals surface area contributed by atoms with E-state index in [1.165, 1.54) is 38.5 Å². The first-order valence-electron chi connectivity index (χ1n) is 8.72. The molecule has 0 fully saturated rings. The minimum Gasteiger partial charge on any atom is -0.245 e. The molecule has 0 aliphatic rings. The molecule has 0 saturated heterocycles. The molecule has 0 aromatic heterocycles. The molecule has 0 aromatic rings. The van der Waals surface area contributed by atoms with Gasteiger partial charge in [0, 0.05) is 0 Å². The zero-order valence-electron chi connectivity index (χ0n) is 16.0. The molecule has 116 valence electrons. The number of hydrogen-bond acceptors (Lipinski definition) is 0. The smallest absolute Gasteiger partial charge is 0.245 e. The quantitative estimate of drug-likeness (QED) is 0.533. The first kappa shape index (κ1) is 23.5. The normalized spacial score (nSPS) is 15.0. The van der Waals surface area contributed by atoms with Crippen LogP contribution < -0.4 is 29.6 Å². The predicted octanol–water partition coefficient (Wildman–Crippen LogP) is 4.08. The fourth-order valence-electron chi connectivity index (χ4n) is 4.57. The van der Waals surface area contributed by atoms with Gasteiger partial charge in [-0.15, -0.1) is 0 Å². The van der Waals surface area contributed by atoms with E-state index in [1.807, 2.05) is 0 Å². The van der Waals surface area contributed by atoms with E-state index in [2.05, 4.69) is 55.4 Å². The molecule has 0 saturated carbocycles. The van der Waals surface area contributed by atoms with E-state index in [4.69, 9.17) is 0 Å². The van der Waals surface area contributed by atoms with Crippen molar-refractivity contribution >= 4 is 8.80 Å². The van der Waals surface area contributed by atoms with Crippen molar-refractivity contribution in [2.75, 3.05) is 0 Å². The summed E-state index contributed by atoms with van der Waals surface area (Å²) in [5.41, 5.74) is 1.80. The van der Waals surface area contributed by atoms with E-state index in [1.54, 1.807) is 0 Å². The van der Waals surface area contributed by atoms with Gasteiger partial charge >= 0.3 is 29.6 Å². The van der Waals surface area contributed by atoms with E-state index in [0.29, 0.717) is 5.04 Å². The molecule has 0 radical (unpaired) electrons. The summed E-state index contributed by atoms with van der Waals surface area (Å²) in [6.07, 6.45) is 8.40. The summed E-state index contributed by atoms with van der Waals surface area (Å²) >= 11 is 0. The third-order valence-electron chi connectivity index (χ3n) is 4.85. The minimum atomic E-state index is -0.321. The summed E-state index contributed by atoms with van der Waals surface area (Å²) in [6, 6.07) is 0. The molecule has 0 rings (SSSR count). The van der Waals surface area contributed by atoms with Gasteiger partial charge in [0.2, 0.25) is 0 Å². The fraction of sp³-hybridized carbons (Fsp3) is 1.00. The van der Waals surface area contributed by atoms with Gasteiger partial charge in [0.15, 0.2) is 0 Å². The molecule has 1 atom stereocenters. The van der Waals surface area contributed by atoms with Crippen LogP contribution in [0.5, 0.6) is 0 Å². The van der Waals surface area contributed by atoms with Crippen LogP contribution in [-0.4, -0.2) is 8.80 Å². The summed E-state index contributed by atoms with van der Waals surface area (Å²) in [6.45, 7) is 19.7. The maximum atomic E-state index is 2.65. The van der Waals surface area contributed by atoms with Gasteiger partial charge in [0.1, 0.15) is 0 Å². The summed E-state index contributed by atoms with van der Waals surface area (Å²) < 4.78 is 0. The molecular weight excluding hydrogens is 267 g/mol. The SMILES string of the molecule is CCCC(CCC)C(C)(CCC)[Si-](C(C)C)C(C)C.[Na+]. The van der Waals surface area contributed by atoms with Gasteiger partial charge in [-0.2, -0.15) is 16.1 Å². The zero-order valence-corrected chi connectivity index (χ0v) is 19.0. The van der Waals surface area contributed by atoms with Gasteiger partial charge < -0.3 is 0 Å². The Morgan fingerprint density at radius 3 is 1.45 bits per heavy atom. The second-order valence-electron chi connectivity index (χ2n) is 7.21. The fourth-order valence-corrected chi connectivity index (χ4v) is 9.84. The van der Waals surface area contributed by atoms with Crippen LogP contribution in [0.15, 0.2) is 0 Å². The van der Waals surface area contributed by atoms with Gasteiger partial charge in [0.05, 0.1) is 0 Å². The topological polar surface area (TPSA) is 0 Å². The Balaban J connectivity index is 0. The monoisotopic (exact) mass is 306 g/mol. The predicted molar refractivity (Wildman–Crippen MR) is 92.5 cm³/mol. The van der Waals surface area contributed by atoms with Crippen LogP contribution in [0.3, 0.4) is 0 Å². The summed E-state index contributed by atoms with van der Waals surface area (Å²) in [5.74, 6) is 0.959. The first-order valence-corrected chi connectivity index (χ1v) is 10.4. The van der Waals surface area contributed by atoms with E-state index in [-0.39, 0.29) is 38.4 Å². The molecule has 0 heterocycles. The molecule has 0 nitrogen and oxygen atoms in total. The van der Waals surface area contributed by atoms with E-state index in [9.17, 15) is 0 Å². The van der Waals surface area contributed by atoms with Crippen LogP contribution >= 0.6 is 0 Å². The molecule has 0 bridgehead atoms. The Kier molecular flexibility index (Phi) is 13.8. The van der Waals surface area contributed by atoms with Crippen molar-refractivity contribution in [3.8, 4) is 0 Å². The average Bonchev–Trinajstić information content (AvgIpc) is 2.27. The Bertz CT molecular complexity index is 213. The van der Waals surface area contributed by atoms with Crippen molar-refractivity contribution in [2.24, 2.45) is 5.92 Å².